The lowest BCUT2D eigenvalue weighted by molar-refractivity contribution is 0.565. The van der Waals surface area contributed by atoms with Crippen molar-refractivity contribution in [2.75, 3.05) is 0 Å². The van der Waals surface area contributed by atoms with E-state index in [0.29, 0.717) is 0 Å². The molecule has 1 aliphatic rings. The van der Waals surface area contributed by atoms with Gasteiger partial charge in [0.1, 0.15) is 0 Å². The van der Waals surface area contributed by atoms with E-state index in [1.807, 2.05) is 0 Å². The van der Waals surface area contributed by atoms with Crippen molar-refractivity contribution in [3.05, 3.63) is 0 Å². The summed E-state index contributed by atoms with van der Waals surface area (Å²) in [5.74, 6) is 0. The normalized spacial score (nSPS) is 55.5. The van der Waals surface area contributed by atoms with Crippen LogP contribution < -0.4 is 0 Å². The molecule has 0 aromatic heterocycles. The average molecular weight is 380 g/mol. The molecular weight excluding hydrogens is 374 g/mol. The quantitative estimate of drug-likeness (QED) is 0.559. The highest BCUT2D eigenvalue weighted by molar-refractivity contribution is 9.12. The van der Waals surface area contributed by atoms with Gasteiger partial charge in [-0.05, 0) is 0 Å². The van der Waals surface area contributed by atoms with Gasteiger partial charge in [-0.3, -0.25) is 0 Å². The van der Waals surface area contributed by atoms with Crippen molar-refractivity contribution in [1.82, 2.24) is 0 Å². The van der Waals surface area contributed by atoms with E-state index >= 15 is 0 Å². The van der Waals surface area contributed by atoms with Gasteiger partial charge in [-0.2, -0.15) is 0 Å². The summed E-state index contributed by atoms with van der Waals surface area (Å²) >= 11 is 30.8. The Balaban J connectivity index is 2.76. The van der Waals surface area contributed by atoms with E-state index < -0.39 is 0 Å². The molecule has 6 unspecified atom stereocenters. The van der Waals surface area contributed by atoms with Crippen molar-refractivity contribution in [2.24, 2.45) is 0 Å². The lowest BCUT2D eigenvalue weighted by Gasteiger charge is -2.38. The van der Waals surface area contributed by atoms with Gasteiger partial charge in [-0.1, -0.05) is 31.9 Å². The third-order valence-electron chi connectivity index (χ3n) is 1.83. The molecule has 0 N–H and O–H groups in total. The molecule has 1 aliphatic carbocycles. The fourth-order valence-electron chi connectivity index (χ4n) is 1.05. The first-order valence-electron chi connectivity index (χ1n) is 3.31. The highest BCUT2D eigenvalue weighted by atomic mass is 79.9. The molecule has 6 atom stereocenters. The molecule has 0 aliphatic heterocycles. The summed E-state index contributed by atoms with van der Waals surface area (Å²) in [7, 11) is 0. The van der Waals surface area contributed by atoms with E-state index in [1.54, 1.807) is 0 Å². The summed E-state index contributed by atoms with van der Waals surface area (Å²) in [6, 6.07) is 0. The van der Waals surface area contributed by atoms with Gasteiger partial charge in [0.15, 0.2) is 0 Å². The third kappa shape index (κ3) is 2.20. The van der Waals surface area contributed by atoms with Crippen LogP contribution in [0.4, 0.5) is 0 Å². The Hall–Kier alpha value is 2.12. The summed E-state index contributed by atoms with van der Waals surface area (Å²) in [6.07, 6.45) is 0. The van der Waals surface area contributed by atoms with Crippen LogP contribution in [0, 0.1) is 0 Å². The van der Waals surface area contributed by atoms with E-state index in [0.717, 1.165) is 0 Å². The molecule has 1 rings (SSSR count). The van der Waals surface area contributed by atoms with Crippen LogP contribution in [0.2, 0.25) is 0 Å². The average Bonchev–Trinajstić information content (AvgIpc) is 2.08. The molecule has 0 saturated heterocycles. The summed E-state index contributed by atoms with van der Waals surface area (Å²) in [6.45, 7) is 0. The van der Waals surface area contributed by atoms with Crippen molar-refractivity contribution in [3.8, 4) is 0 Å². The summed E-state index contributed by atoms with van der Waals surface area (Å²) in [4.78, 5) is 0.110. The minimum atomic E-state index is -0.297. The summed E-state index contributed by atoms with van der Waals surface area (Å²) in [5, 5.41) is -0.995. The van der Waals surface area contributed by atoms with Crippen LogP contribution in [-0.4, -0.2) is 31.2 Å². The predicted molar refractivity (Wildman–Crippen MR) is 64.0 cm³/mol. The Bertz CT molecular complexity index is 109. The van der Waals surface area contributed by atoms with E-state index in [2.05, 4.69) is 31.9 Å². The van der Waals surface area contributed by atoms with Gasteiger partial charge in [0.05, 0.1) is 21.5 Å². The molecule has 0 aromatic carbocycles. The standard InChI is InChI=1S/C6H6Br2Cl4/c7-1-2(8)4(10)6(12)5(11)3(1)9/h1-6H. The molecule has 1 fully saturated rings. The first kappa shape index (κ1) is 12.2. The van der Waals surface area contributed by atoms with Gasteiger partial charge < -0.3 is 0 Å². The molecule has 0 amide bonds. The maximum atomic E-state index is 6.02. The minimum Gasteiger partial charge on any atom is -0.120 e. The Morgan fingerprint density at radius 1 is 0.583 bits per heavy atom. The summed E-state index contributed by atoms with van der Waals surface area (Å²) < 4.78 is 0. The number of rotatable bonds is 0. The SMILES string of the molecule is ClC1C(Cl)C(Cl)C(Br)C(Br)C1Cl. The Morgan fingerprint density at radius 3 is 1.08 bits per heavy atom. The van der Waals surface area contributed by atoms with E-state index in [4.69, 9.17) is 46.4 Å². The number of halogens is 6. The van der Waals surface area contributed by atoms with Crippen LogP contribution in [0.15, 0.2) is 0 Å². The Kier molecular flexibility index (Phi) is 4.84. The zero-order valence-corrected chi connectivity index (χ0v) is 11.9. The van der Waals surface area contributed by atoms with Crippen LogP contribution in [0.3, 0.4) is 0 Å². The highest BCUT2D eigenvalue weighted by Crippen LogP contribution is 2.41. The molecule has 0 aromatic rings. The predicted octanol–water partition coefficient (Wildman–Crippen LogP) is 3.96. The Morgan fingerprint density at radius 2 is 0.833 bits per heavy atom. The van der Waals surface area contributed by atoms with Crippen molar-refractivity contribution >= 4 is 78.3 Å². The fraction of sp³-hybridized carbons (Fsp3) is 1.00. The molecule has 1 saturated carbocycles. The first-order valence-corrected chi connectivity index (χ1v) is 6.89. The van der Waals surface area contributed by atoms with Crippen LogP contribution in [0.5, 0.6) is 0 Å². The second-order valence-electron chi connectivity index (χ2n) is 2.67. The maximum absolute atomic E-state index is 6.02. The van der Waals surface area contributed by atoms with Crippen molar-refractivity contribution in [3.63, 3.8) is 0 Å². The van der Waals surface area contributed by atoms with Gasteiger partial charge in [0.25, 0.3) is 0 Å². The topological polar surface area (TPSA) is 0 Å². The van der Waals surface area contributed by atoms with E-state index in [-0.39, 0.29) is 31.2 Å². The second-order valence-corrected chi connectivity index (χ2v) is 6.80. The number of alkyl halides is 6. The molecule has 0 radical (unpaired) electrons. The molecule has 0 heterocycles. The third-order valence-corrected chi connectivity index (χ3v) is 7.98. The molecular formula is C6H6Br2Cl4. The Labute approximate surface area is 109 Å². The van der Waals surface area contributed by atoms with Crippen LogP contribution in [-0.2, 0) is 0 Å². The molecule has 72 valence electrons. The van der Waals surface area contributed by atoms with E-state index in [9.17, 15) is 0 Å². The molecule has 6 heteroatoms. The minimum absolute atomic E-state index is 0.0548. The van der Waals surface area contributed by atoms with Crippen LogP contribution in [0.1, 0.15) is 0 Å². The van der Waals surface area contributed by atoms with E-state index in [1.165, 1.54) is 0 Å². The van der Waals surface area contributed by atoms with Gasteiger partial charge in [-0.15, -0.1) is 46.4 Å². The van der Waals surface area contributed by atoms with Crippen molar-refractivity contribution in [2.45, 2.75) is 31.2 Å². The second kappa shape index (κ2) is 4.76. The number of hydrogen-bond donors (Lipinski definition) is 0. The zero-order chi connectivity index (χ0) is 9.46. The number of hydrogen-bond acceptors (Lipinski definition) is 0. The molecule has 0 nitrogen and oxygen atoms in total. The highest BCUT2D eigenvalue weighted by Gasteiger charge is 2.46. The largest absolute Gasteiger partial charge is 0.120 e. The van der Waals surface area contributed by atoms with Gasteiger partial charge in [0.2, 0.25) is 0 Å². The summed E-state index contributed by atoms with van der Waals surface area (Å²) in [5.41, 5.74) is 0. The van der Waals surface area contributed by atoms with Gasteiger partial charge in [-0.25, -0.2) is 0 Å². The molecule has 0 spiro atoms. The van der Waals surface area contributed by atoms with Gasteiger partial charge in [0, 0.05) is 9.65 Å². The molecule has 12 heavy (non-hydrogen) atoms. The first-order chi connectivity index (χ1) is 5.46. The van der Waals surface area contributed by atoms with Crippen LogP contribution >= 0.6 is 78.3 Å². The van der Waals surface area contributed by atoms with Crippen LogP contribution in [0.25, 0.3) is 0 Å². The van der Waals surface area contributed by atoms with Gasteiger partial charge >= 0.3 is 0 Å². The van der Waals surface area contributed by atoms with Crippen molar-refractivity contribution < 1.29 is 0 Å². The lowest BCUT2D eigenvalue weighted by atomic mass is 9.98. The fourth-order valence-corrected chi connectivity index (χ4v) is 4.47. The molecule has 0 bridgehead atoms. The lowest BCUT2D eigenvalue weighted by Crippen LogP contribution is -2.51. The smallest absolute Gasteiger partial charge is 0.0689 e. The zero-order valence-electron chi connectivity index (χ0n) is 5.73. The maximum Gasteiger partial charge on any atom is 0.0689 e. The van der Waals surface area contributed by atoms with Crippen molar-refractivity contribution in [1.29, 1.82) is 0 Å². The monoisotopic (exact) mass is 376 g/mol.